The van der Waals surface area contributed by atoms with E-state index in [9.17, 15) is 4.79 Å². The molecule has 1 unspecified atom stereocenters. The van der Waals surface area contributed by atoms with E-state index in [1.807, 2.05) is 6.07 Å². The highest BCUT2D eigenvalue weighted by atomic mass is 16.5. The molecule has 2 aliphatic carbocycles. The lowest BCUT2D eigenvalue weighted by atomic mass is 9.92. The molecule has 0 radical (unpaired) electrons. The molecule has 0 aromatic carbocycles. The van der Waals surface area contributed by atoms with Crippen LogP contribution >= 0.6 is 0 Å². The van der Waals surface area contributed by atoms with E-state index in [1.54, 1.807) is 0 Å². The number of piperidine rings is 1. The van der Waals surface area contributed by atoms with Crippen molar-refractivity contribution in [2.24, 2.45) is 0 Å². The minimum Gasteiger partial charge on any atom is -0.349 e. The second kappa shape index (κ2) is 5.55. The number of carbonyl (C=O) groups excluding carboxylic acids is 1. The molecule has 126 valence electrons. The average molecular weight is 326 g/mol. The lowest BCUT2D eigenvalue weighted by Gasteiger charge is -2.21. The van der Waals surface area contributed by atoms with Crippen LogP contribution in [0.3, 0.4) is 0 Å². The number of nitrogens with zero attached hydrogens (tertiary/aromatic N) is 2. The van der Waals surface area contributed by atoms with E-state index >= 15 is 0 Å². The Balaban J connectivity index is 1.60. The summed E-state index contributed by atoms with van der Waals surface area (Å²) < 4.78 is 5.56. The van der Waals surface area contributed by atoms with Crippen molar-refractivity contribution in [1.82, 2.24) is 20.8 Å². The molecule has 3 aliphatic rings. The summed E-state index contributed by atoms with van der Waals surface area (Å²) in [7, 11) is 0. The van der Waals surface area contributed by atoms with Crippen LogP contribution < -0.4 is 10.6 Å². The van der Waals surface area contributed by atoms with Crippen LogP contribution in [0.2, 0.25) is 0 Å². The van der Waals surface area contributed by atoms with Crippen LogP contribution in [0, 0.1) is 0 Å². The van der Waals surface area contributed by atoms with Crippen LogP contribution in [-0.4, -0.2) is 35.2 Å². The summed E-state index contributed by atoms with van der Waals surface area (Å²) in [6.45, 7) is 1.93. The number of hydrogen-bond donors (Lipinski definition) is 2. The van der Waals surface area contributed by atoms with Gasteiger partial charge in [-0.1, -0.05) is 5.16 Å². The molecule has 3 heterocycles. The van der Waals surface area contributed by atoms with Gasteiger partial charge in [0.25, 0.3) is 11.6 Å². The van der Waals surface area contributed by atoms with E-state index in [-0.39, 0.29) is 5.91 Å². The fourth-order valence-corrected chi connectivity index (χ4v) is 3.61. The molecule has 1 saturated heterocycles. The maximum Gasteiger partial charge on any atom is 0.259 e. The van der Waals surface area contributed by atoms with Gasteiger partial charge in [-0.2, -0.15) is 0 Å². The van der Waals surface area contributed by atoms with Crippen molar-refractivity contribution in [3.63, 3.8) is 0 Å². The highest BCUT2D eigenvalue weighted by Crippen LogP contribution is 2.41. The van der Waals surface area contributed by atoms with Crippen molar-refractivity contribution in [2.75, 3.05) is 13.1 Å². The molecule has 1 atom stereocenters. The van der Waals surface area contributed by atoms with E-state index in [1.165, 1.54) is 0 Å². The normalized spacial score (nSPS) is 24.2. The van der Waals surface area contributed by atoms with Gasteiger partial charge in [0.1, 0.15) is 0 Å². The van der Waals surface area contributed by atoms with Crippen molar-refractivity contribution in [2.45, 2.75) is 56.4 Å². The van der Waals surface area contributed by atoms with Gasteiger partial charge < -0.3 is 15.2 Å². The zero-order valence-corrected chi connectivity index (χ0v) is 13.7. The third-order valence-electron chi connectivity index (χ3n) is 5.33. The minimum absolute atomic E-state index is 0.0000172. The molecule has 6 heteroatoms. The maximum absolute atomic E-state index is 12.8. The van der Waals surface area contributed by atoms with Gasteiger partial charge >= 0.3 is 0 Å². The predicted octanol–water partition coefficient (Wildman–Crippen LogP) is 2.46. The topological polar surface area (TPSA) is 80.1 Å². The number of aromatic nitrogens is 2. The number of pyridine rings is 1. The predicted molar refractivity (Wildman–Crippen MR) is 89.1 cm³/mol. The number of fused-ring (bicyclic) bond motifs is 1. The standard InChI is InChI=1S/C18H22N4O2/c23-17(20-12-5-6-12)13-8-14(10-3-4-10)21-18-15(13)16(22-24-18)11-2-1-7-19-9-11/h8,10-12,19H,1-7,9H2,(H,20,23). The van der Waals surface area contributed by atoms with Gasteiger partial charge in [0, 0.05) is 30.1 Å². The van der Waals surface area contributed by atoms with E-state index < -0.39 is 0 Å². The Hall–Kier alpha value is -1.95. The van der Waals surface area contributed by atoms with E-state index in [0.29, 0.717) is 29.2 Å². The average Bonchev–Trinajstić information content (AvgIpc) is 3.53. The SMILES string of the molecule is O=C(NC1CC1)c1cc(C2CC2)nc2onc(C3CCCNC3)c12. The highest BCUT2D eigenvalue weighted by Gasteiger charge is 2.32. The third-order valence-corrected chi connectivity index (χ3v) is 5.33. The first-order valence-corrected chi connectivity index (χ1v) is 9.11. The quantitative estimate of drug-likeness (QED) is 0.902. The molecule has 6 nitrogen and oxygen atoms in total. The molecule has 0 spiro atoms. The van der Waals surface area contributed by atoms with Gasteiger partial charge in [0.05, 0.1) is 16.6 Å². The number of amides is 1. The van der Waals surface area contributed by atoms with Crippen LogP contribution in [0.25, 0.3) is 11.1 Å². The fraction of sp³-hybridized carbons (Fsp3) is 0.611. The third kappa shape index (κ3) is 2.59. The minimum atomic E-state index is 0.0000172. The molecule has 2 aromatic rings. The largest absolute Gasteiger partial charge is 0.349 e. The van der Waals surface area contributed by atoms with Crippen LogP contribution in [0.15, 0.2) is 10.6 Å². The van der Waals surface area contributed by atoms with Crippen LogP contribution in [-0.2, 0) is 0 Å². The molecular formula is C18H22N4O2. The van der Waals surface area contributed by atoms with Gasteiger partial charge in [-0.15, -0.1) is 0 Å². The van der Waals surface area contributed by atoms with Gasteiger partial charge in [-0.05, 0) is 51.1 Å². The Morgan fingerprint density at radius 3 is 2.79 bits per heavy atom. The van der Waals surface area contributed by atoms with Gasteiger partial charge in [0.15, 0.2) is 0 Å². The Morgan fingerprint density at radius 2 is 2.08 bits per heavy atom. The molecular weight excluding hydrogens is 304 g/mol. The second-order valence-electron chi connectivity index (χ2n) is 7.41. The zero-order chi connectivity index (χ0) is 16.1. The Morgan fingerprint density at radius 1 is 1.21 bits per heavy atom. The zero-order valence-electron chi connectivity index (χ0n) is 13.7. The van der Waals surface area contributed by atoms with Crippen molar-refractivity contribution < 1.29 is 9.32 Å². The Labute approximate surface area is 140 Å². The summed E-state index contributed by atoms with van der Waals surface area (Å²) in [4.78, 5) is 17.5. The summed E-state index contributed by atoms with van der Waals surface area (Å²) in [5.41, 5.74) is 3.11. The van der Waals surface area contributed by atoms with Crippen molar-refractivity contribution in [1.29, 1.82) is 0 Å². The molecule has 1 aliphatic heterocycles. The van der Waals surface area contributed by atoms with Gasteiger partial charge in [0.2, 0.25) is 0 Å². The fourth-order valence-electron chi connectivity index (χ4n) is 3.61. The molecule has 1 amide bonds. The summed E-state index contributed by atoms with van der Waals surface area (Å²) >= 11 is 0. The molecule has 3 fully saturated rings. The molecule has 2 saturated carbocycles. The Bertz CT molecular complexity index is 786. The number of nitrogens with one attached hydrogen (secondary N) is 2. The number of hydrogen-bond acceptors (Lipinski definition) is 5. The van der Waals surface area contributed by atoms with E-state index in [4.69, 9.17) is 4.52 Å². The first kappa shape index (κ1) is 14.4. The lowest BCUT2D eigenvalue weighted by Crippen LogP contribution is -2.29. The van der Waals surface area contributed by atoms with Crippen molar-refractivity contribution >= 4 is 17.0 Å². The monoisotopic (exact) mass is 326 g/mol. The first-order chi connectivity index (χ1) is 11.8. The van der Waals surface area contributed by atoms with Crippen LogP contribution in [0.4, 0.5) is 0 Å². The number of rotatable bonds is 4. The van der Waals surface area contributed by atoms with Gasteiger partial charge in [-0.3, -0.25) is 4.79 Å². The maximum atomic E-state index is 12.8. The molecule has 2 aromatic heterocycles. The number of carbonyl (C=O) groups is 1. The first-order valence-electron chi connectivity index (χ1n) is 9.11. The van der Waals surface area contributed by atoms with E-state index in [0.717, 1.165) is 68.4 Å². The molecule has 5 rings (SSSR count). The van der Waals surface area contributed by atoms with E-state index in [2.05, 4.69) is 20.8 Å². The Kier molecular flexibility index (Phi) is 3.33. The summed E-state index contributed by atoms with van der Waals surface area (Å²) in [5.74, 6) is 0.771. The second-order valence-corrected chi connectivity index (χ2v) is 7.41. The summed E-state index contributed by atoms with van der Waals surface area (Å²) in [6, 6.07) is 2.32. The summed E-state index contributed by atoms with van der Waals surface area (Å²) in [6.07, 6.45) is 6.65. The molecule has 24 heavy (non-hydrogen) atoms. The van der Waals surface area contributed by atoms with Crippen molar-refractivity contribution in [3.8, 4) is 0 Å². The smallest absolute Gasteiger partial charge is 0.259 e. The highest BCUT2D eigenvalue weighted by molar-refractivity contribution is 6.06. The van der Waals surface area contributed by atoms with Crippen molar-refractivity contribution in [3.05, 3.63) is 23.0 Å². The summed E-state index contributed by atoms with van der Waals surface area (Å²) in [5, 5.41) is 11.7. The molecule has 0 bridgehead atoms. The van der Waals surface area contributed by atoms with Gasteiger partial charge in [-0.25, -0.2) is 4.98 Å². The van der Waals surface area contributed by atoms with Crippen LogP contribution in [0.5, 0.6) is 0 Å². The van der Waals surface area contributed by atoms with Crippen LogP contribution in [0.1, 0.15) is 72.1 Å². The lowest BCUT2D eigenvalue weighted by molar-refractivity contribution is 0.0952. The molecule has 2 N–H and O–H groups in total.